The quantitative estimate of drug-likeness (QED) is 0.622. The molecule has 0 saturated carbocycles. The summed E-state index contributed by atoms with van der Waals surface area (Å²) in [5.41, 5.74) is 0. The van der Waals surface area contributed by atoms with E-state index < -0.39 is 19.7 Å². The van der Waals surface area contributed by atoms with E-state index in [0.29, 0.717) is 0 Å². The maximum atomic E-state index is 10.9. The van der Waals surface area contributed by atoms with Gasteiger partial charge in [0.2, 0.25) is 0 Å². The van der Waals surface area contributed by atoms with Crippen LogP contribution in [-0.2, 0) is 24.4 Å². The molecule has 0 aliphatic carbocycles. The van der Waals surface area contributed by atoms with Gasteiger partial charge in [-0.15, -0.1) is 0 Å². The molecule has 0 aromatic heterocycles. The third-order valence-electron chi connectivity index (χ3n) is 1.46. The van der Waals surface area contributed by atoms with Crippen LogP contribution < -0.4 is 0 Å². The van der Waals surface area contributed by atoms with E-state index in [-0.39, 0.29) is 13.2 Å². The van der Waals surface area contributed by atoms with Gasteiger partial charge in [-0.3, -0.25) is 0 Å². The summed E-state index contributed by atoms with van der Waals surface area (Å²) in [4.78, 5) is 0. The third kappa shape index (κ3) is 8.61. The van der Waals surface area contributed by atoms with Crippen LogP contribution in [0.15, 0.2) is 46.9 Å². The van der Waals surface area contributed by atoms with Gasteiger partial charge in [-0.2, -0.15) is 0 Å². The summed E-state index contributed by atoms with van der Waals surface area (Å²) in [6.45, 7) is 6.38. The van der Waals surface area contributed by atoms with Crippen LogP contribution in [0.25, 0.3) is 0 Å². The molecule has 96 valence electrons. The lowest BCUT2D eigenvalue weighted by Gasteiger charge is -1.94. The Hall–Kier alpha value is -1.18. The van der Waals surface area contributed by atoms with Crippen LogP contribution in [0.1, 0.15) is 0 Å². The number of hydrogen-bond acceptors (Lipinski definition) is 5. The molecule has 0 amide bonds. The van der Waals surface area contributed by atoms with Crippen molar-refractivity contribution < 1.29 is 21.6 Å². The van der Waals surface area contributed by atoms with Gasteiger partial charge in [0.25, 0.3) is 0 Å². The minimum Gasteiger partial charge on any atom is -0.373 e. The van der Waals surface area contributed by atoms with E-state index in [1.54, 1.807) is 0 Å². The molecule has 0 heterocycles. The summed E-state index contributed by atoms with van der Waals surface area (Å²) >= 11 is 0. The second-order valence-corrected chi connectivity index (χ2v) is 6.36. The first-order valence-corrected chi connectivity index (χ1v) is 7.71. The van der Waals surface area contributed by atoms with Crippen molar-refractivity contribution in [2.24, 2.45) is 0 Å². The molecule has 0 unspecified atom stereocenters. The Bertz CT molecular complexity index is 461. The molecule has 0 aliphatic heterocycles. The molecule has 17 heavy (non-hydrogen) atoms. The van der Waals surface area contributed by atoms with Crippen LogP contribution in [0.4, 0.5) is 0 Å². The smallest absolute Gasteiger partial charge is 0.192 e. The van der Waals surface area contributed by atoms with Crippen molar-refractivity contribution in [2.45, 2.75) is 0 Å². The maximum absolute atomic E-state index is 10.9. The van der Waals surface area contributed by atoms with Crippen LogP contribution >= 0.6 is 0 Å². The van der Waals surface area contributed by atoms with Gasteiger partial charge in [-0.1, -0.05) is 13.2 Å². The van der Waals surface area contributed by atoms with E-state index in [4.69, 9.17) is 4.74 Å². The highest BCUT2D eigenvalue weighted by Gasteiger charge is 1.96. The number of sulfone groups is 2. The Balaban J connectivity index is 3.97. The van der Waals surface area contributed by atoms with E-state index in [9.17, 15) is 16.8 Å². The van der Waals surface area contributed by atoms with Gasteiger partial charge < -0.3 is 4.74 Å². The second kappa shape index (κ2) is 7.21. The molecule has 0 atom stereocenters. The summed E-state index contributed by atoms with van der Waals surface area (Å²) in [5.74, 6) is 0. The predicted octanol–water partition coefficient (Wildman–Crippen LogP) is 1.15. The Morgan fingerprint density at radius 1 is 0.824 bits per heavy atom. The van der Waals surface area contributed by atoms with E-state index in [0.717, 1.165) is 21.6 Å². The van der Waals surface area contributed by atoms with Crippen molar-refractivity contribution in [3.8, 4) is 0 Å². The first-order valence-electron chi connectivity index (χ1n) is 4.49. The zero-order valence-electron chi connectivity index (χ0n) is 9.15. The van der Waals surface area contributed by atoms with Crippen LogP contribution in [0.5, 0.6) is 0 Å². The molecular formula is C10H14O5S2. The number of hydrogen-bond donors (Lipinski definition) is 0. The summed E-state index contributed by atoms with van der Waals surface area (Å²) in [7, 11) is -6.73. The average molecular weight is 278 g/mol. The van der Waals surface area contributed by atoms with Crippen LogP contribution in [0.3, 0.4) is 0 Å². The van der Waals surface area contributed by atoms with Crippen molar-refractivity contribution in [3.63, 3.8) is 0 Å². The lowest BCUT2D eigenvalue weighted by molar-refractivity contribution is 0.194. The Labute approximate surface area is 102 Å². The number of ether oxygens (including phenoxy) is 1. The molecule has 0 saturated heterocycles. The highest BCUT2D eigenvalue weighted by Crippen LogP contribution is 1.94. The standard InChI is InChI=1S/C10H14O5S2/c1-3-16(11,12)9-5-7-15-8-6-10-17(13,14)4-2/h3-6,9-10H,1-2,7-8H2. The van der Waals surface area contributed by atoms with Gasteiger partial charge in [0.1, 0.15) is 0 Å². The molecule has 0 N–H and O–H groups in total. The van der Waals surface area contributed by atoms with Gasteiger partial charge in [-0.05, 0) is 12.2 Å². The summed E-state index contributed by atoms with van der Waals surface area (Å²) in [5, 5.41) is 3.56. The fraction of sp³-hybridized carbons (Fsp3) is 0.200. The van der Waals surface area contributed by atoms with Crippen molar-refractivity contribution >= 4 is 19.7 Å². The van der Waals surface area contributed by atoms with E-state index in [2.05, 4.69) is 13.2 Å². The molecule has 0 radical (unpaired) electrons. The average Bonchev–Trinajstić information content (AvgIpc) is 2.27. The molecule has 0 spiro atoms. The molecule has 0 bridgehead atoms. The normalized spacial score (nSPS) is 13.2. The monoisotopic (exact) mass is 278 g/mol. The molecule has 5 nitrogen and oxygen atoms in total. The molecule has 0 aromatic carbocycles. The molecule has 0 fully saturated rings. The van der Waals surface area contributed by atoms with Crippen LogP contribution in [0.2, 0.25) is 0 Å². The van der Waals surface area contributed by atoms with E-state index in [1.807, 2.05) is 0 Å². The second-order valence-electron chi connectivity index (χ2n) is 2.79. The van der Waals surface area contributed by atoms with E-state index in [1.165, 1.54) is 12.2 Å². The summed E-state index contributed by atoms with van der Waals surface area (Å²) in [6, 6.07) is 0. The van der Waals surface area contributed by atoms with Crippen LogP contribution in [0, 0.1) is 0 Å². The van der Waals surface area contributed by atoms with Crippen molar-refractivity contribution in [1.82, 2.24) is 0 Å². The maximum Gasteiger partial charge on any atom is 0.192 e. The van der Waals surface area contributed by atoms with Gasteiger partial charge in [0.05, 0.1) is 13.2 Å². The van der Waals surface area contributed by atoms with Gasteiger partial charge in [-0.25, -0.2) is 16.8 Å². The van der Waals surface area contributed by atoms with Crippen molar-refractivity contribution in [3.05, 3.63) is 46.9 Å². The Morgan fingerprint density at radius 3 is 1.47 bits per heavy atom. The minimum atomic E-state index is -3.36. The minimum absolute atomic E-state index is 0.0611. The Morgan fingerprint density at radius 2 is 1.18 bits per heavy atom. The molecule has 0 rings (SSSR count). The molecule has 0 aromatic rings. The Kier molecular flexibility index (Phi) is 6.71. The lowest BCUT2D eigenvalue weighted by Crippen LogP contribution is -1.94. The summed E-state index contributed by atoms with van der Waals surface area (Å²) in [6.07, 6.45) is 2.60. The number of rotatable bonds is 8. The highest BCUT2D eigenvalue weighted by molar-refractivity contribution is 7.97. The zero-order valence-corrected chi connectivity index (χ0v) is 10.8. The summed E-state index contributed by atoms with van der Waals surface area (Å²) < 4.78 is 48.5. The SMILES string of the molecule is C=CS(=O)(=O)C=CCOCC=CS(=O)(=O)C=C. The molecular weight excluding hydrogens is 264 g/mol. The van der Waals surface area contributed by atoms with Crippen LogP contribution in [-0.4, -0.2) is 30.0 Å². The van der Waals surface area contributed by atoms with Crippen molar-refractivity contribution in [2.75, 3.05) is 13.2 Å². The molecule has 7 heteroatoms. The topological polar surface area (TPSA) is 77.5 Å². The van der Waals surface area contributed by atoms with Gasteiger partial charge in [0.15, 0.2) is 19.7 Å². The highest BCUT2D eigenvalue weighted by atomic mass is 32.2. The molecule has 0 aliphatic rings. The van der Waals surface area contributed by atoms with E-state index >= 15 is 0 Å². The largest absolute Gasteiger partial charge is 0.373 e. The third-order valence-corrected chi connectivity index (χ3v) is 3.54. The zero-order chi connectivity index (χ0) is 13.4. The van der Waals surface area contributed by atoms with Crippen molar-refractivity contribution in [1.29, 1.82) is 0 Å². The lowest BCUT2D eigenvalue weighted by atomic mass is 10.6. The first kappa shape index (κ1) is 15.8. The fourth-order valence-corrected chi connectivity index (χ4v) is 1.58. The van der Waals surface area contributed by atoms with Gasteiger partial charge in [0, 0.05) is 21.6 Å². The predicted molar refractivity (Wildman–Crippen MR) is 67.3 cm³/mol. The first-order chi connectivity index (χ1) is 7.83. The fourth-order valence-electron chi connectivity index (χ4n) is 0.662. The van der Waals surface area contributed by atoms with Gasteiger partial charge >= 0.3 is 0 Å².